The second kappa shape index (κ2) is 11.3. The molecule has 1 heterocycles. The van der Waals surface area contributed by atoms with Gasteiger partial charge in [0, 0.05) is 19.1 Å². The molecule has 1 aromatic rings. The molecular formula is C24H37N3O5S. The summed E-state index contributed by atoms with van der Waals surface area (Å²) in [5, 5.41) is 6.05. The van der Waals surface area contributed by atoms with Crippen LogP contribution in [-0.2, 0) is 19.6 Å². The van der Waals surface area contributed by atoms with Gasteiger partial charge in [0.05, 0.1) is 17.9 Å². The number of nitrogens with one attached hydrogen (secondary N) is 2. The fourth-order valence-corrected chi connectivity index (χ4v) is 6.13. The summed E-state index contributed by atoms with van der Waals surface area (Å²) in [5.41, 5.74) is 0. The number of amides is 2. The molecule has 0 bridgehead atoms. The standard InChI is InChI=1S/C24H37N3O5S/c1-4-17(2)22(24(29)25-19-9-5-6-10-19)26-23(28)18-8-7-15-27(16-18)33(30,31)21-13-11-20(32-3)12-14-21/h11-14,17-19,22H,4-10,15-16H2,1-3H3,(H,25,29)(H,26,28)/t17-,18-,22-/m0/s1. The summed E-state index contributed by atoms with van der Waals surface area (Å²) >= 11 is 0. The fourth-order valence-electron chi connectivity index (χ4n) is 4.61. The van der Waals surface area contributed by atoms with Crippen molar-refractivity contribution >= 4 is 21.8 Å². The van der Waals surface area contributed by atoms with E-state index in [1.807, 2.05) is 13.8 Å². The molecule has 2 N–H and O–H groups in total. The zero-order valence-corrected chi connectivity index (χ0v) is 20.7. The maximum absolute atomic E-state index is 13.1. The second-order valence-corrected chi connectivity index (χ2v) is 11.2. The largest absolute Gasteiger partial charge is 0.497 e. The third-order valence-electron chi connectivity index (χ3n) is 6.95. The summed E-state index contributed by atoms with van der Waals surface area (Å²) in [6.45, 7) is 4.43. The number of benzene rings is 1. The van der Waals surface area contributed by atoms with Gasteiger partial charge >= 0.3 is 0 Å². The second-order valence-electron chi connectivity index (χ2n) is 9.24. The van der Waals surface area contributed by atoms with Gasteiger partial charge in [-0.1, -0.05) is 33.1 Å². The first-order chi connectivity index (χ1) is 15.8. The van der Waals surface area contributed by atoms with Crippen LogP contribution in [0.15, 0.2) is 29.2 Å². The SMILES string of the molecule is CC[C@H](C)[C@H](NC(=O)[C@H]1CCCN(S(=O)(=O)c2ccc(OC)cc2)C1)C(=O)NC1CCCC1. The zero-order valence-electron chi connectivity index (χ0n) is 19.9. The van der Waals surface area contributed by atoms with Gasteiger partial charge < -0.3 is 15.4 Å². The highest BCUT2D eigenvalue weighted by molar-refractivity contribution is 7.89. The van der Waals surface area contributed by atoms with Crippen molar-refractivity contribution in [1.29, 1.82) is 0 Å². The van der Waals surface area contributed by atoms with Crippen molar-refractivity contribution in [2.75, 3.05) is 20.2 Å². The highest BCUT2D eigenvalue weighted by Gasteiger charge is 2.36. The number of ether oxygens (including phenoxy) is 1. The summed E-state index contributed by atoms with van der Waals surface area (Å²) in [7, 11) is -2.19. The van der Waals surface area contributed by atoms with Gasteiger partial charge in [-0.25, -0.2) is 8.42 Å². The molecule has 0 radical (unpaired) electrons. The van der Waals surface area contributed by atoms with Gasteiger partial charge in [0.2, 0.25) is 21.8 Å². The van der Waals surface area contributed by atoms with Crippen LogP contribution in [0.25, 0.3) is 0 Å². The lowest BCUT2D eigenvalue weighted by atomic mass is 9.94. The van der Waals surface area contributed by atoms with E-state index in [9.17, 15) is 18.0 Å². The van der Waals surface area contributed by atoms with Crippen molar-refractivity contribution in [3.8, 4) is 5.75 Å². The molecule has 0 spiro atoms. The number of carbonyl (C=O) groups excluding carboxylic acids is 2. The molecule has 2 aliphatic rings. The molecule has 2 amide bonds. The van der Waals surface area contributed by atoms with E-state index in [-0.39, 0.29) is 35.2 Å². The lowest BCUT2D eigenvalue weighted by molar-refractivity contribution is -0.133. The number of hydrogen-bond acceptors (Lipinski definition) is 5. The minimum absolute atomic E-state index is 0.0157. The van der Waals surface area contributed by atoms with E-state index >= 15 is 0 Å². The predicted octanol–water partition coefficient (Wildman–Crippen LogP) is 2.69. The molecule has 33 heavy (non-hydrogen) atoms. The lowest BCUT2D eigenvalue weighted by Gasteiger charge is -2.33. The van der Waals surface area contributed by atoms with Crippen LogP contribution >= 0.6 is 0 Å². The smallest absolute Gasteiger partial charge is 0.243 e. The number of nitrogens with zero attached hydrogens (tertiary/aromatic N) is 1. The molecule has 1 saturated carbocycles. The highest BCUT2D eigenvalue weighted by Crippen LogP contribution is 2.26. The Bertz CT molecular complexity index is 913. The summed E-state index contributed by atoms with van der Waals surface area (Å²) in [4.78, 5) is 26.2. The van der Waals surface area contributed by atoms with Crippen molar-refractivity contribution in [1.82, 2.24) is 14.9 Å². The molecule has 184 valence electrons. The molecule has 0 unspecified atom stereocenters. The fraction of sp³-hybridized carbons (Fsp3) is 0.667. The molecule has 2 fully saturated rings. The molecule has 0 aromatic heterocycles. The first-order valence-electron chi connectivity index (χ1n) is 12.0. The van der Waals surface area contributed by atoms with E-state index < -0.39 is 22.0 Å². The van der Waals surface area contributed by atoms with Crippen molar-refractivity contribution in [2.45, 2.75) is 75.8 Å². The predicted molar refractivity (Wildman–Crippen MR) is 126 cm³/mol. The molecule has 8 nitrogen and oxygen atoms in total. The third-order valence-corrected chi connectivity index (χ3v) is 8.83. The first kappa shape index (κ1) is 25.5. The number of piperidine rings is 1. The van der Waals surface area contributed by atoms with E-state index in [0.717, 1.165) is 32.1 Å². The lowest BCUT2D eigenvalue weighted by Crippen LogP contribution is -2.55. The average Bonchev–Trinajstić information content (AvgIpc) is 3.34. The topological polar surface area (TPSA) is 105 Å². The van der Waals surface area contributed by atoms with Crippen LogP contribution in [0.3, 0.4) is 0 Å². The van der Waals surface area contributed by atoms with E-state index in [4.69, 9.17) is 4.74 Å². The molecule has 1 aliphatic heterocycles. The monoisotopic (exact) mass is 479 g/mol. The van der Waals surface area contributed by atoms with Crippen LogP contribution in [0.5, 0.6) is 5.75 Å². The Hall–Kier alpha value is -2.13. The first-order valence-corrected chi connectivity index (χ1v) is 13.4. The Morgan fingerprint density at radius 3 is 2.39 bits per heavy atom. The van der Waals surface area contributed by atoms with Crippen LogP contribution in [0, 0.1) is 11.8 Å². The summed E-state index contributed by atoms with van der Waals surface area (Å²) in [6.07, 6.45) is 6.14. The van der Waals surface area contributed by atoms with E-state index in [1.165, 1.54) is 23.5 Å². The molecule has 9 heteroatoms. The maximum Gasteiger partial charge on any atom is 0.243 e. The molecule has 3 rings (SSSR count). The Balaban J connectivity index is 1.66. The molecular weight excluding hydrogens is 442 g/mol. The normalized spacial score (nSPS) is 21.8. The number of rotatable bonds is 9. The molecule has 3 atom stereocenters. The Morgan fingerprint density at radius 1 is 1.12 bits per heavy atom. The van der Waals surface area contributed by atoms with Crippen molar-refractivity contribution in [3.05, 3.63) is 24.3 Å². The van der Waals surface area contributed by atoms with Gasteiger partial charge in [0.15, 0.2) is 0 Å². The van der Waals surface area contributed by atoms with Crippen molar-refractivity contribution < 1.29 is 22.7 Å². The summed E-state index contributed by atoms with van der Waals surface area (Å²) in [6, 6.07) is 5.83. The molecule has 1 aromatic carbocycles. The Kier molecular flexibility index (Phi) is 8.75. The number of methoxy groups -OCH3 is 1. The van der Waals surface area contributed by atoms with Crippen LogP contribution < -0.4 is 15.4 Å². The number of carbonyl (C=O) groups is 2. The van der Waals surface area contributed by atoms with Gasteiger partial charge in [-0.3, -0.25) is 9.59 Å². The summed E-state index contributed by atoms with van der Waals surface area (Å²) in [5.74, 6) is -0.313. The van der Waals surface area contributed by atoms with Crippen molar-refractivity contribution in [3.63, 3.8) is 0 Å². The zero-order chi connectivity index (χ0) is 24.0. The Labute approximate surface area is 197 Å². The van der Waals surface area contributed by atoms with Gasteiger partial charge in [-0.15, -0.1) is 0 Å². The molecule has 1 aliphatic carbocycles. The van der Waals surface area contributed by atoms with E-state index in [0.29, 0.717) is 25.1 Å². The minimum atomic E-state index is -3.72. The van der Waals surface area contributed by atoms with Crippen LogP contribution in [0.4, 0.5) is 0 Å². The number of sulfonamides is 1. The van der Waals surface area contributed by atoms with Gasteiger partial charge in [0.1, 0.15) is 11.8 Å². The molecule has 1 saturated heterocycles. The van der Waals surface area contributed by atoms with Gasteiger partial charge in [-0.05, 0) is 55.9 Å². The van der Waals surface area contributed by atoms with Crippen LogP contribution in [0.1, 0.15) is 58.8 Å². The highest BCUT2D eigenvalue weighted by atomic mass is 32.2. The Morgan fingerprint density at radius 2 is 1.79 bits per heavy atom. The maximum atomic E-state index is 13.1. The third kappa shape index (κ3) is 6.26. The van der Waals surface area contributed by atoms with Gasteiger partial charge in [0.25, 0.3) is 0 Å². The van der Waals surface area contributed by atoms with Crippen LogP contribution in [-0.4, -0.2) is 56.8 Å². The van der Waals surface area contributed by atoms with Gasteiger partial charge in [-0.2, -0.15) is 4.31 Å². The number of hydrogen-bond donors (Lipinski definition) is 2. The summed E-state index contributed by atoms with van der Waals surface area (Å²) < 4.78 is 32.7. The van der Waals surface area contributed by atoms with E-state index in [1.54, 1.807) is 12.1 Å². The minimum Gasteiger partial charge on any atom is -0.497 e. The van der Waals surface area contributed by atoms with Crippen LogP contribution in [0.2, 0.25) is 0 Å². The van der Waals surface area contributed by atoms with E-state index in [2.05, 4.69) is 10.6 Å². The quantitative estimate of drug-likeness (QED) is 0.567. The van der Waals surface area contributed by atoms with Crippen molar-refractivity contribution in [2.24, 2.45) is 11.8 Å². The average molecular weight is 480 g/mol.